The molecule has 0 spiro atoms. The van der Waals surface area contributed by atoms with Gasteiger partial charge in [0.2, 0.25) is 17.6 Å². The highest BCUT2D eigenvalue weighted by atomic mass is 35.5. The van der Waals surface area contributed by atoms with Crippen LogP contribution < -0.4 is 4.74 Å². The summed E-state index contributed by atoms with van der Waals surface area (Å²) < 4.78 is 10.5. The van der Waals surface area contributed by atoms with Gasteiger partial charge in [-0.3, -0.25) is 4.79 Å². The number of nitrogens with zero attached hydrogens (tertiary/aromatic N) is 3. The van der Waals surface area contributed by atoms with Crippen LogP contribution in [0.4, 0.5) is 0 Å². The SMILES string of the molecule is COc1ccc(-c2noc(CN(C(=O)/C=C/c3ccccc3Cl)C(C)C)n2)cc1. The van der Waals surface area contributed by atoms with Crippen LogP contribution in [0, 0.1) is 0 Å². The molecule has 0 aliphatic carbocycles. The molecule has 6 nitrogen and oxygen atoms in total. The van der Waals surface area contributed by atoms with Crippen molar-refractivity contribution in [3.63, 3.8) is 0 Å². The normalized spacial score (nSPS) is 11.2. The van der Waals surface area contributed by atoms with E-state index in [4.69, 9.17) is 20.9 Å². The molecular formula is C22H22ClN3O3. The van der Waals surface area contributed by atoms with Crippen LogP contribution >= 0.6 is 11.6 Å². The number of ether oxygens (including phenoxy) is 1. The van der Waals surface area contributed by atoms with Gasteiger partial charge in [-0.15, -0.1) is 0 Å². The lowest BCUT2D eigenvalue weighted by molar-refractivity contribution is -0.128. The van der Waals surface area contributed by atoms with Crippen molar-refractivity contribution in [1.82, 2.24) is 15.0 Å². The first-order valence-corrected chi connectivity index (χ1v) is 9.56. The van der Waals surface area contributed by atoms with Crippen LogP contribution in [0.15, 0.2) is 59.1 Å². The number of halogens is 1. The van der Waals surface area contributed by atoms with Crippen molar-refractivity contribution in [2.75, 3.05) is 7.11 Å². The molecule has 0 atom stereocenters. The van der Waals surface area contributed by atoms with Crippen molar-refractivity contribution >= 4 is 23.6 Å². The molecule has 0 bridgehead atoms. The lowest BCUT2D eigenvalue weighted by Crippen LogP contribution is -2.35. The zero-order valence-electron chi connectivity index (χ0n) is 16.5. The number of methoxy groups -OCH3 is 1. The quantitative estimate of drug-likeness (QED) is 0.520. The van der Waals surface area contributed by atoms with Crippen molar-refractivity contribution in [3.05, 3.63) is 71.1 Å². The fourth-order valence-electron chi connectivity index (χ4n) is 2.70. The lowest BCUT2D eigenvalue weighted by atomic mass is 10.2. The monoisotopic (exact) mass is 411 g/mol. The van der Waals surface area contributed by atoms with E-state index in [0.29, 0.717) is 16.7 Å². The Morgan fingerprint density at radius 2 is 1.93 bits per heavy atom. The van der Waals surface area contributed by atoms with Crippen molar-refractivity contribution in [3.8, 4) is 17.1 Å². The Labute approximate surface area is 174 Å². The first-order valence-electron chi connectivity index (χ1n) is 9.18. The van der Waals surface area contributed by atoms with E-state index in [9.17, 15) is 4.79 Å². The van der Waals surface area contributed by atoms with E-state index < -0.39 is 0 Å². The molecule has 1 aromatic heterocycles. The second-order valence-corrected chi connectivity index (χ2v) is 7.06. The molecule has 0 aliphatic rings. The van der Waals surface area contributed by atoms with E-state index in [1.807, 2.05) is 56.3 Å². The van der Waals surface area contributed by atoms with Gasteiger partial charge < -0.3 is 14.2 Å². The van der Waals surface area contributed by atoms with E-state index in [0.717, 1.165) is 16.9 Å². The minimum Gasteiger partial charge on any atom is -0.497 e. The Hall–Kier alpha value is -3.12. The molecule has 0 aliphatic heterocycles. The van der Waals surface area contributed by atoms with Gasteiger partial charge in [0.25, 0.3) is 0 Å². The molecule has 3 rings (SSSR count). The Bertz CT molecular complexity index is 997. The van der Waals surface area contributed by atoms with Crippen molar-refractivity contribution in [1.29, 1.82) is 0 Å². The lowest BCUT2D eigenvalue weighted by Gasteiger charge is -2.23. The van der Waals surface area contributed by atoms with Crippen LogP contribution in [0.5, 0.6) is 5.75 Å². The maximum atomic E-state index is 12.7. The number of amides is 1. The van der Waals surface area contributed by atoms with Gasteiger partial charge in [0.05, 0.1) is 7.11 Å². The second-order valence-electron chi connectivity index (χ2n) is 6.65. The van der Waals surface area contributed by atoms with Gasteiger partial charge >= 0.3 is 0 Å². The van der Waals surface area contributed by atoms with Crippen LogP contribution in [0.2, 0.25) is 5.02 Å². The predicted molar refractivity (Wildman–Crippen MR) is 112 cm³/mol. The molecule has 150 valence electrons. The molecule has 29 heavy (non-hydrogen) atoms. The van der Waals surface area contributed by atoms with Crippen molar-refractivity contribution in [2.24, 2.45) is 0 Å². The molecular weight excluding hydrogens is 390 g/mol. The van der Waals surface area contributed by atoms with Gasteiger partial charge in [-0.25, -0.2) is 0 Å². The molecule has 0 fully saturated rings. The van der Waals surface area contributed by atoms with Crippen LogP contribution in [-0.4, -0.2) is 34.1 Å². The maximum absolute atomic E-state index is 12.7. The maximum Gasteiger partial charge on any atom is 0.247 e. The summed E-state index contributed by atoms with van der Waals surface area (Å²) in [6.07, 6.45) is 3.21. The highest BCUT2D eigenvalue weighted by Crippen LogP contribution is 2.21. The average Bonchev–Trinajstić information content (AvgIpc) is 3.20. The Balaban J connectivity index is 1.72. The smallest absolute Gasteiger partial charge is 0.247 e. The standard InChI is InChI=1S/C22H22ClN3O3/c1-15(2)26(21(27)13-10-16-6-4-5-7-19(16)23)14-20-24-22(25-29-20)17-8-11-18(28-3)12-9-17/h4-13,15H,14H2,1-3H3/b13-10+. The Kier molecular flexibility index (Phi) is 6.67. The number of aromatic nitrogens is 2. The summed E-state index contributed by atoms with van der Waals surface area (Å²) in [5.41, 5.74) is 1.59. The van der Waals surface area contributed by atoms with E-state index in [1.54, 1.807) is 24.2 Å². The molecule has 3 aromatic rings. The fraction of sp³-hybridized carbons (Fsp3) is 0.227. The number of hydrogen-bond acceptors (Lipinski definition) is 5. The molecule has 0 saturated carbocycles. The highest BCUT2D eigenvalue weighted by Gasteiger charge is 2.19. The van der Waals surface area contributed by atoms with Crippen molar-refractivity contribution < 1.29 is 14.1 Å². The Morgan fingerprint density at radius 3 is 2.59 bits per heavy atom. The minimum absolute atomic E-state index is 0.0465. The molecule has 1 amide bonds. The summed E-state index contributed by atoms with van der Waals surface area (Å²) in [6, 6.07) is 14.7. The molecule has 7 heteroatoms. The number of rotatable bonds is 7. The van der Waals surface area contributed by atoms with Gasteiger partial charge in [0.1, 0.15) is 12.3 Å². The van der Waals surface area contributed by atoms with Crippen LogP contribution in [-0.2, 0) is 11.3 Å². The fourth-order valence-corrected chi connectivity index (χ4v) is 2.90. The first kappa shape index (κ1) is 20.6. The van der Waals surface area contributed by atoms with Gasteiger partial charge in [0, 0.05) is 22.7 Å². The summed E-state index contributed by atoms with van der Waals surface area (Å²) in [5, 5.41) is 4.61. The predicted octanol–water partition coefficient (Wildman–Crippen LogP) is 4.85. The number of carbonyl (C=O) groups excluding carboxylic acids is 1. The van der Waals surface area contributed by atoms with E-state index in [2.05, 4.69) is 10.1 Å². The third-order valence-electron chi connectivity index (χ3n) is 4.34. The second kappa shape index (κ2) is 9.39. The number of benzene rings is 2. The number of hydrogen-bond donors (Lipinski definition) is 0. The molecule has 2 aromatic carbocycles. The third-order valence-corrected chi connectivity index (χ3v) is 4.68. The summed E-state index contributed by atoms with van der Waals surface area (Å²) in [4.78, 5) is 18.8. The summed E-state index contributed by atoms with van der Waals surface area (Å²) in [7, 11) is 1.61. The van der Waals surface area contributed by atoms with E-state index in [1.165, 1.54) is 6.08 Å². The topological polar surface area (TPSA) is 68.5 Å². The summed E-state index contributed by atoms with van der Waals surface area (Å²) in [6.45, 7) is 4.08. The van der Waals surface area contributed by atoms with Gasteiger partial charge in [-0.1, -0.05) is 35.0 Å². The van der Waals surface area contributed by atoms with Crippen LogP contribution in [0.25, 0.3) is 17.5 Å². The molecule has 0 unspecified atom stereocenters. The van der Waals surface area contributed by atoms with Gasteiger partial charge in [-0.05, 0) is 55.8 Å². The zero-order valence-corrected chi connectivity index (χ0v) is 17.3. The van der Waals surface area contributed by atoms with E-state index >= 15 is 0 Å². The summed E-state index contributed by atoms with van der Waals surface area (Å²) >= 11 is 6.14. The van der Waals surface area contributed by atoms with Gasteiger partial charge in [-0.2, -0.15) is 4.98 Å². The van der Waals surface area contributed by atoms with E-state index in [-0.39, 0.29) is 18.5 Å². The average molecular weight is 412 g/mol. The number of carbonyl (C=O) groups is 1. The highest BCUT2D eigenvalue weighted by molar-refractivity contribution is 6.32. The van der Waals surface area contributed by atoms with Crippen LogP contribution in [0.1, 0.15) is 25.3 Å². The summed E-state index contributed by atoms with van der Waals surface area (Å²) in [5.74, 6) is 1.41. The molecule has 0 N–H and O–H groups in total. The first-order chi connectivity index (χ1) is 14.0. The third kappa shape index (κ3) is 5.23. The molecule has 0 radical (unpaired) electrons. The molecule has 1 heterocycles. The molecule has 0 saturated heterocycles. The van der Waals surface area contributed by atoms with Crippen molar-refractivity contribution in [2.45, 2.75) is 26.4 Å². The minimum atomic E-state index is -0.163. The van der Waals surface area contributed by atoms with Gasteiger partial charge in [0.15, 0.2) is 0 Å². The van der Waals surface area contributed by atoms with Crippen LogP contribution in [0.3, 0.4) is 0 Å². The Morgan fingerprint density at radius 1 is 1.21 bits per heavy atom. The zero-order chi connectivity index (χ0) is 20.8. The largest absolute Gasteiger partial charge is 0.497 e.